The molecule has 0 spiro atoms. The maximum Gasteiger partial charge on any atom is 0.271 e. The van der Waals surface area contributed by atoms with Crippen molar-refractivity contribution in [3.63, 3.8) is 0 Å². The van der Waals surface area contributed by atoms with Crippen LogP contribution in [-0.4, -0.2) is 31.4 Å². The van der Waals surface area contributed by atoms with Crippen LogP contribution in [0.1, 0.15) is 44.0 Å². The second-order valence-corrected chi connectivity index (χ2v) is 12.4. The van der Waals surface area contributed by atoms with Crippen molar-refractivity contribution in [3.05, 3.63) is 116 Å². The Hall–Kier alpha value is -3.69. The van der Waals surface area contributed by atoms with E-state index in [2.05, 4.69) is 31.0 Å². The third-order valence-corrected chi connectivity index (χ3v) is 8.26. The van der Waals surface area contributed by atoms with E-state index < -0.39 is 10.0 Å². The molecule has 0 aliphatic rings. The molecule has 39 heavy (non-hydrogen) atoms. The van der Waals surface area contributed by atoms with Gasteiger partial charge in [-0.1, -0.05) is 40.2 Å². The van der Waals surface area contributed by atoms with Gasteiger partial charge in [0.15, 0.2) is 0 Å². The number of carbonyl (C=O) groups is 1. The highest BCUT2D eigenvalue weighted by Gasteiger charge is 2.19. The van der Waals surface area contributed by atoms with Crippen molar-refractivity contribution in [2.24, 2.45) is 5.10 Å². The van der Waals surface area contributed by atoms with Gasteiger partial charge in [0.05, 0.1) is 24.7 Å². The number of sulfonamides is 1. The molecule has 4 rings (SSSR count). The molecule has 0 aliphatic carbocycles. The van der Waals surface area contributed by atoms with Gasteiger partial charge >= 0.3 is 0 Å². The van der Waals surface area contributed by atoms with E-state index in [0.717, 1.165) is 43.8 Å². The Morgan fingerprint density at radius 3 is 2.33 bits per heavy atom. The number of halogens is 1. The molecule has 0 bridgehead atoms. The van der Waals surface area contributed by atoms with Gasteiger partial charge in [-0.25, -0.2) is 13.8 Å². The van der Waals surface area contributed by atoms with Crippen LogP contribution in [0.15, 0.2) is 82.4 Å². The number of anilines is 1. The molecule has 1 heterocycles. The second kappa shape index (κ2) is 11.6. The highest BCUT2D eigenvalue weighted by atomic mass is 79.9. The fourth-order valence-corrected chi connectivity index (χ4v) is 5.63. The molecule has 0 saturated carbocycles. The lowest BCUT2D eigenvalue weighted by atomic mass is 10.1. The van der Waals surface area contributed by atoms with E-state index in [1.807, 2.05) is 70.2 Å². The number of hydrogen-bond donors (Lipinski definition) is 1. The van der Waals surface area contributed by atoms with Gasteiger partial charge in [0.25, 0.3) is 5.91 Å². The molecule has 1 N–H and O–H groups in total. The van der Waals surface area contributed by atoms with E-state index in [1.54, 1.807) is 36.5 Å². The van der Waals surface area contributed by atoms with Crippen molar-refractivity contribution in [3.8, 4) is 5.69 Å². The number of nitrogens with one attached hydrogen (secondary N) is 1. The molecule has 0 unspecified atom stereocenters. The van der Waals surface area contributed by atoms with Crippen LogP contribution < -0.4 is 9.73 Å². The topological polar surface area (TPSA) is 83.8 Å². The van der Waals surface area contributed by atoms with Crippen molar-refractivity contribution >= 4 is 43.8 Å². The average Bonchev–Trinajstić information content (AvgIpc) is 3.16. The zero-order valence-corrected chi connectivity index (χ0v) is 25.0. The first-order chi connectivity index (χ1) is 18.4. The van der Waals surface area contributed by atoms with E-state index in [1.165, 1.54) is 10.6 Å². The zero-order chi connectivity index (χ0) is 28.3. The average molecular weight is 608 g/mol. The van der Waals surface area contributed by atoms with Gasteiger partial charge in [-0.3, -0.25) is 9.10 Å². The Bertz CT molecular complexity index is 1660. The van der Waals surface area contributed by atoms with Gasteiger partial charge in [0, 0.05) is 32.7 Å². The first-order valence-corrected chi connectivity index (χ1v) is 15.0. The molecular weight excluding hydrogens is 576 g/mol. The van der Waals surface area contributed by atoms with Crippen LogP contribution in [0.25, 0.3) is 5.69 Å². The maximum absolute atomic E-state index is 12.7. The van der Waals surface area contributed by atoms with E-state index >= 15 is 0 Å². The van der Waals surface area contributed by atoms with Crippen molar-refractivity contribution in [2.75, 3.05) is 10.6 Å². The van der Waals surface area contributed by atoms with Crippen molar-refractivity contribution in [1.29, 1.82) is 0 Å². The number of rotatable bonds is 8. The zero-order valence-electron chi connectivity index (χ0n) is 22.6. The summed E-state index contributed by atoms with van der Waals surface area (Å²) in [5.74, 6) is -0.354. The summed E-state index contributed by atoms with van der Waals surface area (Å²) in [7, 11) is -3.50. The standard InChI is InChI=1S/C30H31BrN4O3S/c1-20-9-14-28(15-21(20)2)34(39(5,37)38)19-24-10-12-25(13-11-24)30(36)33-32-18-26-16-22(3)35(23(26)4)29-8-6-7-27(31)17-29/h6-18H,19H2,1-5H3,(H,33,36)/b32-18-. The van der Waals surface area contributed by atoms with Gasteiger partial charge < -0.3 is 4.57 Å². The van der Waals surface area contributed by atoms with Crippen molar-refractivity contribution in [1.82, 2.24) is 9.99 Å². The number of nitrogens with zero attached hydrogens (tertiary/aromatic N) is 3. The summed E-state index contributed by atoms with van der Waals surface area (Å²) in [6.07, 6.45) is 2.83. The Morgan fingerprint density at radius 1 is 0.974 bits per heavy atom. The highest BCUT2D eigenvalue weighted by Crippen LogP contribution is 2.24. The number of benzene rings is 3. The molecule has 1 aromatic heterocycles. The monoisotopic (exact) mass is 606 g/mol. The third-order valence-electron chi connectivity index (χ3n) is 6.63. The molecule has 7 nitrogen and oxygen atoms in total. The van der Waals surface area contributed by atoms with Gasteiger partial charge in [-0.15, -0.1) is 0 Å². The Balaban J connectivity index is 1.45. The van der Waals surface area contributed by atoms with Crippen LogP contribution in [0.2, 0.25) is 0 Å². The number of hydrogen-bond acceptors (Lipinski definition) is 4. The quantitative estimate of drug-likeness (QED) is 0.191. The molecule has 0 radical (unpaired) electrons. The predicted octanol–water partition coefficient (Wildman–Crippen LogP) is 6.20. The first kappa shape index (κ1) is 28.3. The van der Waals surface area contributed by atoms with Crippen molar-refractivity contribution < 1.29 is 13.2 Å². The number of aromatic nitrogens is 1. The minimum Gasteiger partial charge on any atom is -0.318 e. The summed E-state index contributed by atoms with van der Waals surface area (Å²) in [5.41, 5.74) is 10.5. The van der Waals surface area contributed by atoms with E-state index in [9.17, 15) is 13.2 Å². The molecule has 4 aromatic rings. The summed E-state index contributed by atoms with van der Waals surface area (Å²) < 4.78 is 29.5. The minimum absolute atomic E-state index is 0.162. The summed E-state index contributed by atoms with van der Waals surface area (Å²) in [4.78, 5) is 12.7. The van der Waals surface area contributed by atoms with Crippen LogP contribution in [0.5, 0.6) is 0 Å². The highest BCUT2D eigenvalue weighted by molar-refractivity contribution is 9.10. The number of hydrazone groups is 1. The molecular formula is C30H31BrN4O3S. The molecule has 202 valence electrons. The maximum atomic E-state index is 12.7. The summed E-state index contributed by atoms with van der Waals surface area (Å²) in [6, 6.07) is 22.5. The molecule has 9 heteroatoms. The summed E-state index contributed by atoms with van der Waals surface area (Å²) in [5, 5.41) is 4.17. The Morgan fingerprint density at radius 2 is 1.69 bits per heavy atom. The lowest BCUT2D eigenvalue weighted by molar-refractivity contribution is 0.0955. The smallest absolute Gasteiger partial charge is 0.271 e. The van der Waals surface area contributed by atoms with Crippen molar-refractivity contribution in [2.45, 2.75) is 34.2 Å². The second-order valence-electron chi connectivity index (χ2n) is 9.58. The number of amides is 1. The SMILES string of the molecule is Cc1ccc(N(Cc2ccc(C(=O)N/N=C\c3cc(C)n(-c4cccc(Br)c4)c3C)cc2)S(C)(=O)=O)cc1C. The Kier molecular flexibility index (Phi) is 8.42. The molecule has 0 atom stereocenters. The third kappa shape index (κ3) is 6.66. The predicted molar refractivity (Wildman–Crippen MR) is 161 cm³/mol. The minimum atomic E-state index is -3.50. The fourth-order valence-electron chi connectivity index (χ4n) is 4.36. The van der Waals surface area contributed by atoms with E-state index in [4.69, 9.17) is 0 Å². The van der Waals surface area contributed by atoms with Crippen LogP contribution in [-0.2, 0) is 16.6 Å². The van der Waals surface area contributed by atoms with Gasteiger partial charge in [-0.2, -0.15) is 5.10 Å². The van der Waals surface area contributed by atoms with Gasteiger partial charge in [0.2, 0.25) is 10.0 Å². The van der Waals surface area contributed by atoms with Crippen LogP contribution in [0.4, 0.5) is 5.69 Å². The Labute approximate surface area is 238 Å². The van der Waals surface area contributed by atoms with Gasteiger partial charge in [0.1, 0.15) is 0 Å². The lowest BCUT2D eigenvalue weighted by Gasteiger charge is -2.23. The van der Waals surface area contributed by atoms with Crippen LogP contribution in [0.3, 0.4) is 0 Å². The lowest BCUT2D eigenvalue weighted by Crippen LogP contribution is -2.29. The molecule has 0 fully saturated rings. The number of carbonyl (C=O) groups excluding carboxylic acids is 1. The number of aryl methyl sites for hydroxylation is 3. The molecule has 0 aliphatic heterocycles. The molecule has 0 saturated heterocycles. The van der Waals surface area contributed by atoms with Crippen LogP contribution >= 0.6 is 15.9 Å². The molecule has 3 aromatic carbocycles. The van der Waals surface area contributed by atoms with Crippen LogP contribution in [0, 0.1) is 27.7 Å². The normalized spacial score (nSPS) is 11.6. The largest absolute Gasteiger partial charge is 0.318 e. The summed E-state index contributed by atoms with van der Waals surface area (Å²) >= 11 is 3.52. The fraction of sp³-hybridized carbons (Fsp3) is 0.200. The summed E-state index contributed by atoms with van der Waals surface area (Å²) in [6.45, 7) is 8.13. The molecule has 1 amide bonds. The first-order valence-electron chi connectivity index (χ1n) is 12.4. The van der Waals surface area contributed by atoms with Gasteiger partial charge in [-0.05, 0) is 92.9 Å². The van der Waals surface area contributed by atoms with E-state index in [-0.39, 0.29) is 12.5 Å². The van der Waals surface area contributed by atoms with E-state index in [0.29, 0.717) is 11.3 Å².